The fourth-order valence-electron chi connectivity index (χ4n) is 1.91. The van der Waals surface area contributed by atoms with Crippen LogP contribution in [0.1, 0.15) is 17.9 Å². The van der Waals surface area contributed by atoms with Crippen LogP contribution in [-0.4, -0.2) is 16.8 Å². The normalized spacial score (nSPS) is 24.3. The summed E-state index contributed by atoms with van der Waals surface area (Å²) in [6.45, 7) is 0.162. The number of phenols is 1. The van der Waals surface area contributed by atoms with Crippen LogP contribution in [0.25, 0.3) is 0 Å². The van der Waals surface area contributed by atoms with Crippen LogP contribution in [0.15, 0.2) is 48.6 Å². The summed E-state index contributed by atoms with van der Waals surface area (Å²) >= 11 is 0. The predicted octanol–water partition coefficient (Wildman–Crippen LogP) is 2.60. The van der Waals surface area contributed by atoms with Crippen molar-refractivity contribution in [3.05, 3.63) is 54.1 Å². The highest BCUT2D eigenvalue weighted by Crippen LogP contribution is 2.26. The standard InChI is InChI=1S/C14H16O2/c15-10-11-2-1-3-12(5-4-11)13-6-8-14(16)9-7-13/h1-2,4-9,11-12,15-16H,3,10H2/t11-,12?/m0/s1. The molecular formula is C14H16O2. The van der Waals surface area contributed by atoms with Crippen molar-refractivity contribution >= 4 is 0 Å². The van der Waals surface area contributed by atoms with Gasteiger partial charge in [-0.2, -0.15) is 0 Å². The smallest absolute Gasteiger partial charge is 0.115 e. The van der Waals surface area contributed by atoms with E-state index in [-0.39, 0.29) is 12.5 Å². The zero-order chi connectivity index (χ0) is 11.4. The lowest BCUT2D eigenvalue weighted by Crippen LogP contribution is -1.96. The first-order valence-electron chi connectivity index (χ1n) is 5.54. The molecule has 1 aromatic carbocycles. The Morgan fingerprint density at radius 1 is 1.06 bits per heavy atom. The Balaban J connectivity index is 2.16. The number of aromatic hydroxyl groups is 1. The third-order valence-electron chi connectivity index (χ3n) is 2.90. The van der Waals surface area contributed by atoms with Crippen molar-refractivity contribution < 1.29 is 10.2 Å². The molecule has 2 heteroatoms. The minimum Gasteiger partial charge on any atom is -0.508 e. The summed E-state index contributed by atoms with van der Waals surface area (Å²) in [6, 6.07) is 7.30. The Kier molecular flexibility index (Phi) is 3.42. The molecule has 2 nitrogen and oxygen atoms in total. The number of aliphatic hydroxyl groups is 1. The van der Waals surface area contributed by atoms with Gasteiger partial charge in [0, 0.05) is 11.8 Å². The van der Waals surface area contributed by atoms with E-state index < -0.39 is 0 Å². The maximum atomic E-state index is 9.23. The third-order valence-corrected chi connectivity index (χ3v) is 2.90. The lowest BCUT2D eigenvalue weighted by atomic mass is 9.96. The molecule has 0 aliphatic heterocycles. The van der Waals surface area contributed by atoms with Crippen molar-refractivity contribution in [1.29, 1.82) is 0 Å². The van der Waals surface area contributed by atoms with Gasteiger partial charge in [0.15, 0.2) is 0 Å². The number of hydrogen-bond acceptors (Lipinski definition) is 2. The van der Waals surface area contributed by atoms with E-state index in [1.807, 2.05) is 24.3 Å². The summed E-state index contributed by atoms with van der Waals surface area (Å²) < 4.78 is 0. The van der Waals surface area contributed by atoms with E-state index in [0.29, 0.717) is 11.7 Å². The van der Waals surface area contributed by atoms with Crippen molar-refractivity contribution in [2.24, 2.45) is 5.92 Å². The molecule has 84 valence electrons. The van der Waals surface area contributed by atoms with Crippen LogP contribution in [0.2, 0.25) is 0 Å². The van der Waals surface area contributed by atoms with Gasteiger partial charge in [-0.1, -0.05) is 36.4 Å². The highest BCUT2D eigenvalue weighted by molar-refractivity contribution is 5.32. The summed E-state index contributed by atoms with van der Waals surface area (Å²) in [7, 11) is 0. The number of hydrogen-bond donors (Lipinski definition) is 2. The molecule has 1 aromatic rings. The number of phenolic OH excluding ortho intramolecular Hbond substituents is 1. The highest BCUT2D eigenvalue weighted by atomic mass is 16.3. The van der Waals surface area contributed by atoms with Gasteiger partial charge < -0.3 is 10.2 Å². The fraction of sp³-hybridized carbons (Fsp3) is 0.286. The van der Waals surface area contributed by atoms with Gasteiger partial charge in [-0.3, -0.25) is 0 Å². The molecule has 1 aliphatic carbocycles. The van der Waals surface area contributed by atoms with E-state index in [1.165, 1.54) is 5.56 Å². The molecule has 1 unspecified atom stereocenters. The number of benzene rings is 1. The molecule has 0 bridgehead atoms. The van der Waals surface area contributed by atoms with Crippen LogP contribution < -0.4 is 0 Å². The summed E-state index contributed by atoms with van der Waals surface area (Å²) in [5.41, 5.74) is 1.19. The molecule has 0 radical (unpaired) electrons. The number of aliphatic hydroxyl groups excluding tert-OH is 1. The lowest BCUT2D eigenvalue weighted by molar-refractivity contribution is 0.274. The Hall–Kier alpha value is -1.54. The molecule has 2 atom stereocenters. The summed E-state index contributed by atoms with van der Waals surface area (Å²) in [4.78, 5) is 0. The van der Waals surface area contributed by atoms with Gasteiger partial charge in [-0.15, -0.1) is 0 Å². The average molecular weight is 216 g/mol. The first-order chi connectivity index (χ1) is 7.79. The Bertz CT molecular complexity index is 390. The predicted molar refractivity (Wildman–Crippen MR) is 64.3 cm³/mol. The van der Waals surface area contributed by atoms with E-state index in [1.54, 1.807) is 12.1 Å². The van der Waals surface area contributed by atoms with Crippen LogP contribution in [0.3, 0.4) is 0 Å². The maximum absolute atomic E-state index is 9.23. The number of rotatable bonds is 2. The minimum atomic E-state index is 0.141. The first kappa shape index (κ1) is 11.0. The van der Waals surface area contributed by atoms with Crippen molar-refractivity contribution in [1.82, 2.24) is 0 Å². The van der Waals surface area contributed by atoms with Crippen molar-refractivity contribution in [3.8, 4) is 5.75 Å². The highest BCUT2D eigenvalue weighted by Gasteiger charge is 2.10. The van der Waals surface area contributed by atoms with Gasteiger partial charge in [0.2, 0.25) is 0 Å². The van der Waals surface area contributed by atoms with Crippen LogP contribution in [-0.2, 0) is 0 Å². The van der Waals surface area contributed by atoms with Gasteiger partial charge in [0.05, 0.1) is 6.61 Å². The molecule has 16 heavy (non-hydrogen) atoms. The topological polar surface area (TPSA) is 40.5 Å². The summed E-state index contributed by atoms with van der Waals surface area (Å²) in [5, 5.41) is 18.3. The molecule has 0 amide bonds. The minimum absolute atomic E-state index is 0.141. The van der Waals surface area contributed by atoms with E-state index >= 15 is 0 Å². The SMILES string of the molecule is OC[C@H]1C=CCC(c2ccc(O)cc2)C=C1. The largest absolute Gasteiger partial charge is 0.508 e. The Labute approximate surface area is 95.6 Å². The second-order valence-electron chi connectivity index (χ2n) is 4.09. The van der Waals surface area contributed by atoms with Crippen molar-refractivity contribution in [2.75, 3.05) is 6.61 Å². The van der Waals surface area contributed by atoms with Crippen LogP contribution in [0.4, 0.5) is 0 Å². The van der Waals surface area contributed by atoms with Crippen LogP contribution in [0.5, 0.6) is 5.75 Å². The quantitative estimate of drug-likeness (QED) is 0.746. The molecule has 2 N–H and O–H groups in total. The molecule has 0 saturated heterocycles. The molecule has 1 aliphatic rings. The van der Waals surface area contributed by atoms with Gasteiger partial charge in [0.25, 0.3) is 0 Å². The summed E-state index contributed by atoms with van der Waals surface area (Å²) in [5.74, 6) is 0.778. The average Bonchev–Trinajstić information content (AvgIpc) is 2.55. The van der Waals surface area contributed by atoms with Crippen molar-refractivity contribution in [3.63, 3.8) is 0 Å². The first-order valence-corrected chi connectivity index (χ1v) is 5.54. The van der Waals surface area contributed by atoms with Gasteiger partial charge in [0.1, 0.15) is 5.75 Å². The molecule has 2 rings (SSSR count). The molecule has 0 fully saturated rings. The monoisotopic (exact) mass is 216 g/mol. The van der Waals surface area contributed by atoms with Crippen LogP contribution >= 0.6 is 0 Å². The second kappa shape index (κ2) is 4.99. The fourth-order valence-corrected chi connectivity index (χ4v) is 1.91. The third kappa shape index (κ3) is 2.52. The Morgan fingerprint density at radius 3 is 2.50 bits per heavy atom. The molecule has 0 saturated carbocycles. The lowest BCUT2D eigenvalue weighted by Gasteiger charge is -2.09. The van der Waals surface area contributed by atoms with E-state index in [4.69, 9.17) is 5.11 Å². The zero-order valence-electron chi connectivity index (χ0n) is 9.08. The van der Waals surface area contributed by atoms with E-state index in [2.05, 4.69) is 12.2 Å². The van der Waals surface area contributed by atoms with Gasteiger partial charge >= 0.3 is 0 Å². The van der Waals surface area contributed by atoms with Gasteiger partial charge in [-0.25, -0.2) is 0 Å². The van der Waals surface area contributed by atoms with Crippen molar-refractivity contribution in [2.45, 2.75) is 12.3 Å². The van der Waals surface area contributed by atoms with E-state index in [9.17, 15) is 5.11 Å². The Morgan fingerprint density at radius 2 is 1.81 bits per heavy atom. The second-order valence-corrected chi connectivity index (χ2v) is 4.09. The molecule has 0 heterocycles. The molecular weight excluding hydrogens is 200 g/mol. The maximum Gasteiger partial charge on any atom is 0.115 e. The zero-order valence-corrected chi connectivity index (χ0v) is 9.08. The molecule has 0 spiro atoms. The number of allylic oxidation sites excluding steroid dienone is 2. The molecule has 0 aromatic heterocycles. The summed E-state index contributed by atoms with van der Waals surface area (Å²) in [6.07, 6.45) is 9.27. The van der Waals surface area contributed by atoms with E-state index in [0.717, 1.165) is 6.42 Å². The van der Waals surface area contributed by atoms with Crippen LogP contribution in [0, 0.1) is 5.92 Å². The van der Waals surface area contributed by atoms with Gasteiger partial charge in [-0.05, 0) is 24.1 Å².